The highest BCUT2D eigenvalue weighted by atomic mass is 16.5. The van der Waals surface area contributed by atoms with E-state index in [2.05, 4.69) is 25.4 Å². The van der Waals surface area contributed by atoms with E-state index in [1.54, 1.807) is 17.1 Å². The highest BCUT2D eigenvalue weighted by Crippen LogP contribution is 2.59. The lowest BCUT2D eigenvalue weighted by molar-refractivity contribution is -0.152. The summed E-state index contributed by atoms with van der Waals surface area (Å²) in [6, 6.07) is 6.91. The molecule has 1 aromatic carbocycles. The van der Waals surface area contributed by atoms with Crippen LogP contribution in [-0.4, -0.2) is 88.2 Å². The van der Waals surface area contributed by atoms with Gasteiger partial charge < -0.3 is 29.7 Å². The van der Waals surface area contributed by atoms with Crippen LogP contribution in [0.1, 0.15) is 77.3 Å². The van der Waals surface area contributed by atoms with E-state index in [-0.39, 0.29) is 43.4 Å². The van der Waals surface area contributed by atoms with E-state index >= 15 is 0 Å². The van der Waals surface area contributed by atoms with Crippen LogP contribution in [-0.2, 0) is 28.7 Å². The molecule has 0 aliphatic carbocycles. The van der Waals surface area contributed by atoms with Gasteiger partial charge >= 0.3 is 5.97 Å². The van der Waals surface area contributed by atoms with Crippen LogP contribution >= 0.6 is 0 Å². The monoisotopic (exact) mass is 623 g/mol. The Hall–Kier alpha value is -3.50. The summed E-state index contributed by atoms with van der Waals surface area (Å²) < 4.78 is 12.1. The number of carbonyl (C=O) groups excluding carboxylic acids is 4. The molecule has 3 fully saturated rings. The zero-order chi connectivity index (χ0) is 32.7. The minimum absolute atomic E-state index is 0.0742. The number of carbonyl (C=O) groups is 4. The summed E-state index contributed by atoms with van der Waals surface area (Å²) in [6.45, 7) is 13.3. The Morgan fingerprint density at radius 1 is 1.22 bits per heavy atom. The van der Waals surface area contributed by atoms with Crippen LogP contribution in [0, 0.1) is 11.8 Å². The first-order chi connectivity index (χ1) is 21.7. The molecule has 2 bridgehead atoms. The number of aliphatic hydroxyl groups is 1. The molecule has 10 heteroatoms. The van der Waals surface area contributed by atoms with E-state index in [1.165, 1.54) is 4.90 Å². The van der Waals surface area contributed by atoms with Crippen molar-refractivity contribution in [3.05, 3.63) is 61.2 Å². The first-order valence-corrected chi connectivity index (χ1v) is 16.3. The Morgan fingerprint density at radius 3 is 2.58 bits per heavy atom. The summed E-state index contributed by atoms with van der Waals surface area (Å²) in [5.41, 5.74) is -0.432. The lowest BCUT2D eigenvalue weighted by Crippen LogP contribution is -2.60. The Kier molecular flexibility index (Phi) is 11.6. The van der Waals surface area contributed by atoms with Gasteiger partial charge in [0.1, 0.15) is 18.2 Å². The number of rotatable bonds is 17. The third-order valence-electron chi connectivity index (χ3n) is 9.68. The number of ether oxygens (including phenoxy) is 2. The van der Waals surface area contributed by atoms with Crippen molar-refractivity contribution < 1.29 is 33.8 Å². The van der Waals surface area contributed by atoms with Crippen LogP contribution in [0.3, 0.4) is 0 Å². The fraction of sp³-hybridized carbons (Fsp3) is 0.600. The fourth-order valence-electron chi connectivity index (χ4n) is 7.48. The van der Waals surface area contributed by atoms with Crippen LogP contribution in [0.5, 0.6) is 0 Å². The number of benzene rings is 1. The predicted molar refractivity (Wildman–Crippen MR) is 170 cm³/mol. The van der Waals surface area contributed by atoms with Gasteiger partial charge in [-0.1, -0.05) is 62.8 Å². The smallest absolute Gasteiger partial charge is 0.306 e. The van der Waals surface area contributed by atoms with Crippen LogP contribution in [0.2, 0.25) is 0 Å². The summed E-state index contributed by atoms with van der Waals surface area (Å²) in [5.74, 6) is -3.09. The molecule has 8 atom stereocenters. The number of allylic oxidation sites excluding steroid dienone is 1. The van der Waals surface area contributed by atoms with Gasteiger partial charge in [-0.05, 0) is 44.6 Å². The summed E-state index contributed by atoms with van der Waals surface area (Å²) in [7, 11) is 0. The normalized spacial score (nSPS) is 26.9. The first kappa shape index (κ1) is 34.4. The van der Waals surface area contributed by atoms with Gasteiger partial charge in [0.25, 0.3) is 0 Å². The molecule has 0 saturated carbocycles. The molecule has 3 aliphatic rings. The average Bonchev–Trinajstić information content (AvgIpc) is 3.69. The van der Waals surface area contributed by atoms with Crippen molar-refractivity contribution in [3.63, 3.8) is 0 Å². The number of amides is 3. The molecule has 3 aliphatic heterocycles. The Labute approximate surface area is 266 Å². The molecule has 0 radical (unpaired) electrons. The molecule has 10 nitrogen and oxygen atoms in total. The topological polar surface area (TPSA) is 125 Å². The van der Waals surface area contributed by atoms with Crippen molar-refractivity contribution in [3.8, 4) is 0 Å². The maximum absolute atomic E-state index is 14.5. The Morgan fingerprint density at radius 2 is 1.96 bits per heavy atom. The molecule has 3 heterocycles. The van der Waals surface area contributed by atoms with E-state index in [0.29, 0.717) is 32.2 Å². The number of hydrogen-bond donors (Lipinski definition) is 2. The van der Waals surface area contributed by atoms with Gasteiger partial charge in [-0.25, -0.2) is 0 Å². The van der Waals surface area contributed by atoms with Gasteiger partial charge in [0.05, 0.1) is 36.6 Å². The molecule has 45 heavy (non-hydrogen) atoms. The number of hydrogen-bond acceptors (Lipinski definition) is 7. The molecule has 246 valence electrons. The minimum atomic E-state index is -1.19. The van der Waals surface area contributed by atoms with Crippen molar-refractivity contribution in [1.29, 1.82) is 0 Å². The summed E-state index contributed by atoms with van der Waals surface area (Å²) >= 11 is 0. The van der Waals surface area contributed by atoms with Crippen molar-refractivity contribution in [2.24, 2.45) is 11.8 Å². The van der Waals surface area contributed by atoms with Gasteiger partial charge in [0, 0.05) is 19.0 Å². The number of aliphatic hydroxyl groups excluding tert-OH is 1. The molecule has 2 N–H and O–H groups in total. The SMILES string of the molecule is C=CCCC(=O)OC[C@H](NC(=O)[C@@H]1[C@@H]2CC[C@]3(O2)[C@H](C(=O)N(CC=C)C(C)CCC)N([C@@H](CC)CO)C(=O)[C@@H]13)c1ccccc1. The van der Waals surface area contributed by atoms with Crippen molar-refractivity contribution >= 4 is 23.7 Å². The van der Waals surface area contributed by atoms with E-state index in [0.717, 1.165) is 18.4 Å². The molecule has 1 spiro atoms. The predicted octanol–water partition coefficient (Wildman–Crippen LogP) is 3.70. The third kappa shape index (κ3) is 6.72. The molecule has 4 rings (SSSR count). The van der Waals surface area contributed by atoms with E-state index in [4.69, 9.17) is 9.47 Å². The number of nitrogens with one attached hydrogen (secondary N) is 1. The van der Waals surface area contributed by atoms with Gasteiger partial charge in [0.15, 0.2) is 0 Å². The lowest BCUT2D eigenvalue weighted by atomic mass is 9.70. The number of esters is 1. The second-order valence-corrected chi connectivity index (χ2v) is 12.4. The van der Waals surface area contributed by atoms with Crippen LogP contribution in [0.15, 0.2) is 55.6 Å². The molecule has 1 unspecified atom stereocenters. The summed E-state index contributed by atoms with van der Waals surface area (Å²) in [5, 5.41) is 13.4. The third-order valence-corrected chi connectivity index (χ3v) is 9.68. The maximum atomic E-state index is 14.5. The fourth-order valence-corrected chi connectivity index (χ4v) is 7.48. The molecule has 3 amide bonds. The number of likely N-dealkylation sites (tertiary alicyclic amines) is 1. The molecule has 3 saturated heterocycles. The maximum Gasteiger partial charge on any atom is 0.306 e. The number of fused-ring (bicyclic) bond motifs is 1. The van der Waals surface area contributed by atoms with Crippen molar-refractivity contribution in [1.82, 2.24) is 15.1 Å². The van der Waals surface area contributed by atoms with Crippen LogP contribution in [0.4, 0.5) is 0 Å². The summed E-state index contributed by atoms with van der Waals surface area (Å²) in [4.78, 5) is 58.6. The van der Waals surface area contributed by atoms with Gasteiger partial charge in [0.2, 0.25) is 17.7 Å². The Balaban J connectivity index is 1.66. The molecule has 0 aromatic heterocycles. The zero-order valence-corrected chi connectivity index (χ0v) is 26.9. The highest BCUT2D eigenvalue weighted by Gasteiger charge is 2.75. The van der Waals surface area contributed by atoms with Crippen LogP contribution < -0.4 is 5.32 Å². The summed E-state index contributed by atoms with van der Waals surface area (Å²) in [6.07, 6.45) is 6.53. The van der Waals surface area contributed by atoms with E-state index < -0.39 is 47.6 Å². The molecular weight excluding hydrogens is 574 g/mol. The standard InChI is InChI=1S/C35H49N3O7/c1-6-10-17-28(40)44-22-26(24-15-12-11-13-16-24)36-32(41)29-27-18-19-35(45-27)30(29)33(42)38(25(9-4)21-39)31(35)34(43)37(20-8-3)23(5)14-7-2/h6,8,11-13,15-16,23,25-27,29-31,39H,1,3,7,9-10,14,17-22H2,2,4-5H3,(H,36,41)/t23?,25-,26-,27-,29+,30+,31-,35+/m0/s1. The molecular formula is C35H49N3O7. The highest BCUT2D eigenvalue weighted by molar-refractivity contribution is 5.99. The molecule has 1 aromatic rings. The zero-order valence-electron chi connectivity index (χ0n) is 26.9. The Bertz CT molecular complexity index is 1230. The average molecular weight is 624 g/mol. The minimum Gasteiger partial charge on any atom is -0.463 e. The second kappa shape index (κ2) is 15.2. The van der Waals surface area contributed by atoms with E-state index in [1.807, 2.05) is 44.2 Å². The van der Waals surface area contributed by atoms with Gasteiger partial charge in [-0.15, -0.1) is 13.2 Å². The van der Waals surface area contributed by atoms with Crippen molar-refractivity contribution in [2.75, 3.05) is 19.8 Å². The van der Waals surface area contributed by atoms with Gasteiger partial charge in [-0.3, -0.25) is 19.2 Å². The van der Waals surface area contributed by atoms with E-state index in [9.17, 15) is 24.3 Å². The van der Waals surface area contributed by atoms with Gasteiger partial charge in [-0.2, -0.15) is 0 Å². The largest absolute Gasteiger partial charge is 0.463 e. The second-order valence-electron chi connectivity index (χ2n) is 12.4. The van der Waals surface area contributed by atoms with Crippen molar-refractivity contribution in [2.45, 2.75) is 102 Å². The van der Waals surface area contributed by atoms with Crippen LogP contribution in [0.25, 0.3) is 0 Å². The number of nitrogens with zero attached hydrogens (tertiary/aromatic N) is 2. The lowest BCUT2D eigenvalue weighted by Gasteiger charge is -2.40. The first-order valence-electron chi connectivity index (χ1n) is 16.3. The quantitative estimate of drug-likeness (QED) is 0.200.